The molecule has 92 valence electrons. The summed E-state index contributed by atoms with van der Waals surface area (Å²) in [6.45, 7) is 2.50. The molecule has 0 rings (SSSR count). The van der Waals surface area contributed by atoms with E-state index in [1.807, 2.05) is 6.92 Å². The van der Waals surface area contributed by atoms with Crippen molar-refractivity contribution in [2.45, 2.75) is 19.8 Å². The van der Waals surface area contributed by atoms with Gasteiger partial charge in [-0.15, -0.1) is 0 Å². The molecule has 0 atom stereocenters. The van der Waals surface area contributed by atoms with Crippen LogP contribution < -0.4 is 5.73 Å². The topological polar surface area (TPSA) is 94.1 Å². The fraction of sp³-hybridized carbons (Fsp3) is 0.600. The molecule has 16 heavy (non-hydrogen) atoms. The van der Waals surface area contributed by atoms with Gasteiger partial charge in [0.1, 0.15) is 5.84 Å². The third-order valence-corrected chi connectivity index (χ3v) is 1.85. The Morgan fingerprint density at radius 3 is 2.44 bits per heavy atom. The summed E-state index contributed by atoms with van der Waals surface area (Å²) >= 11 is 0. The first kappa shape index (κ1) is 14.3. The number of aliphatic hydroxyl groups is 1. The van der Waals surface area contributed by atoms with Crippen LogP contribution in [-0.4, -0.2) is 37.7 Å². The van der Waals surface area contributed by atoms with Crippen LogP contribution in [-0.2, 0) is 14.3 Å². The lowest BCUT2D eigenvalue weighted by molar-refractivity contribution is -0.136. The van der Waals surface area contributed by atoms with Gasteiger partial charge in [0.2, 0.25) is 0 Å². The molecular weight excluding hydrogens is 212 g/mol. The highest BCUT2D eigenvalue weighted by Gasteiger charge is 2.21. The minimum Gasteiger partial charge on any atom is -0.480 e. The molecule has 0 aliphatic heterocycles. The van der Waals surface area contributed by atoms with Gasteiger partial charge >= 0.3 is 5.97 Å². The number of hydrogen-bond acceptors (Lipinski definition) is 5. The largest absolute Gasteiger partial charge is 0.480 e. The van der Waals surface area contributed by atoms with Crippen molar-refractivity contribution in [3.8, 4) is 0 Å². The van der Waals surface area contributed by atoms with Gasteiger partial charge in [-0.25, -0.2) is 4.79 Å². The average molecular weight is 230 g/mol. The molecule has 0 aromatic carbocycles. The van der Waals surface area contributed by atoms with E-state index >= 15 is 0 Å². The molecule has 0 aromatic rings. The van der Waals surface area contributed by atoms with E-state index in [1.165, 1.54) is 14.2 Å². The van der Waals surface area contributed by atoms with E-state index in [0.29, 0.717) is 6.54 Å². The molecule has 0 aliphatic carbocycles. The number of carbonyl (C=O) groups is 1. The van der Waals surface area contributed by atoms with Gasteiger partial charge in [-0.2, -0.15) is 0 Å². The van der Waals surface area contributed by atoms with Gasteiger partial charge in [0.25, 0.3) is 5.95 Å². The summed E-state index contributed by atoms with van der Waals surface area (Å²) in [5, 5.41) is 9.34. The van der Waals surface area contributed by atoms with Gasteiger partial charge in [-0.1, -0.05) is 13.3 Å². The molecule has 0 amide bonds. The fourth-order valence-corrected chi connectivity index (χ4v) is 0.942. The maximum Gasteiger partial charge on any atom is 0.348 e. The molecule has 0 heterocycles. The Hall–Kier alpha value is -1.72. The Kier molecular flexibility index (Phi) is 6.74. The van der Waals surface area contributed by atoms with E-state index in [4.69, 9.17) is 5.73 Å². The summed E-state index contributed by atoms with van der Waals surface area (Å²) in [4.78, 5) is 15.3. The third-order valence-electron chi connectivity index (χ3n) is 1.85. The molecule has 0 spiro atoms. The summed E-state index contributed by atoms with van der Waals surface area (Å²) in [5.74, 6) is -1.46. The average Bonchev–Trinajstić information content (AvgIpc) is 2.29. The SMILES string of the molecule is CCCCN=C(N)/C(C(=O)OC)=C(\O)OC. The van der Waals surface area contributed by atoms with Crippen molar-refractivity contribution in [2.24, 2.45) is 10.7 Å². The van der Waals surface area contributed by atoms with Gasteiger partial charge in [0, 0.05) is 6.54 Å². The van der Waals surface area contributed by atoms with Crippen LogP contribution in [0.25, 0.3) is 0 Å². The monoisotopic (exact) mass is 230 g/mol. The predicted octanol–water partition coefficient (Wildman–Crippen LogP) is 0.733. The van der Waals surface area contributed by atoms with Crippen molar-refractivity contribution in [1.82, 2.24) is 0 Å². The van der Waals surface area contributed by atoms with Crippen molar-refractivity contribution in [1.29, 1.82) is 0 Å². The molecule has 0 aliphatic rings. The minimum atomic E-state index is -0.780. The van der Waals surface area contributed by atoms with Gasteiger partial charge in [-0.3, -0.25) is 4.99 Å². The van der Waals surface area contributed by atoms with Crippen LogP contribution in [0.1, 0.15) is 19.8 Å². The van der Waals surface area contributed by atoms with Crippen LogP contribution in [0.15, 0.2) is 16.5 Å². The lowest BCUT2D eigenvalue weighted by atomic mass is 10.2. The highest BCUT2D eigenvalue weighted by Crippen LogP contribution is 2.05. The first-order valence-electron chi connectivity index (χ1n) is 4.94. The molecule has 0 fully saturated rings. The number of amidine groups is 1. The number of rotatable bonds is 6. The van der Waals surface area contributed by atoms with Gasteiger partial charge in [0.15, 0.2) is 5.57 Å². The van der Waals surface area contributed by atoms with Crippen molar-refractivity contribution in [2.75, 3.05) is 20.8 Å². The van der Waals surface area contributed by atoms with Crippen LogP contribution in [0, 0.1) is 0 Å². The number of nitrogens with zero attached hydrogens (tertiary/aromatic N) is 1. The molecule has 0 bridgehead atoms. The number of aliphatic imine (C=N–C) groups is 1. The summed E-state index contributed by atoms with van der Waals surface area (Å²) in [5.41, 5.74) is 5.31. The zero-order chi connectivity index (χ0) is 12.6. The summed E-state index contributed by atoms with van der Waals surface area (Å²) < 4.78 is 9.00. The van der Waals surface area contributed by atoms with E-state index in [0.717, 1.165) is 12.8 Å². The van der Waals surface area contributed by atoms with Crippen LogP contribution in [0.5, 0.6) is 0 Å². The van der Waals surface area contributed by atoms with Crippen LogP contribution in [0.2, 0.25) is 0 Å². The molecule has 0 saturated carbocycles. The lowest BCUT2D eigenvalue weighted by Crippen LogP contribution is -2.25. The lowest BCUT2D eigenvalue weighted by Gasteiger charge is -2.07. The normalized spacial score (nSPS) is 13.1. The van der Waals surface area contributed by atoms with Crippen molar-refractivity contribution in [3.05, 3.63) is 11.5 Å². The van der Waals surface area contributed by atoms with Crippen LogP contribution >= 0.6 is 0 Å². The van der Waals surface area contributed by atoms with Gasteiger partial charge in [-0.05, 0) is 6.42 Å². The van der Waals surface area contributed by atoms with Crippen molar-refractivity contribution < 1.29 is 19.4 Å². The third kappa shape index (κ3) is 4.20. The second-order valence-corrected chi connectivity index (χ2v) is 3.00. The molecular formula is C10H18N2O4. The first-order valence-corrected chi connectivity index (χ1v) is 4.94. The Morgan fingerprint density at radius 1 is 1.38 bits per heavy atom. The molecule has 6 heteroatoms. The van der Waals surface area contributed by atoms with Crippen molar-refractivity contribution >= 4 is 11.8 Å². The molecule has 0 radical (unpaired) electrons. The highest BCUT2D eigenvalue weighted by atomic mass is 16.6. The molecule has 0 aromatic heterocycles. The maximum atomic E-state index is 11.3. The van der Waals surface area contributed by atoms with Crippen molar-refractivity contribution in [3.63, 3.8) is 0 Å². The standard InChI is InChI=1S/C10H18N2O4/c1-4-5-6-12-8(11)7(9(13)15-2)10(14)16-3/h13H,4-6H2,1-3H3,(H2,11,12)/b9-7-. The second-order valence-electron chi connectivity index (χ2n) is 3.00. The molecule has 6 nitrogen and oxygen atoms in total. The molecule has 0 saturated heterocycles. The summed E-state index contributed by atoms with van der Waals surface area (Å²) in [7, 11) is 2.40. The first-order chi connectivity index (χ1) is 7.58. The number of unbranched alkanes of at least 4 members (excludes halogenated alkanes) is 1. The zero-order valence-corrected chi connectivity index (χ0v) is 9.82. The number of methoxy groups -OCH3 is 2. The zero-order valence-electron chi connectivity index (χ0n) is 9.82. The van der Waals surface area contributed by atoms with E-state index in [-0.39, 0.29) is 11.4 Å². The van der Waals surface area contributed by atoms with E-state index < -0.39 is 11.9 Å². The minimum absolute atomic E-state index is 0.0837. The Bertz CT molecular complexity index is 297. The number of aliphatic hydroxyl groups excluding tert-OH is 1. The maximum absolute atomic E-state index is 11.3. The van der Waals surface area contributed by atoms with E-state index in [1.54, 1.807) is 0 Å². The molecule has 3 N–H and O–H groups in total. The Labute approximate surface area is 94.8 Å². The Balaban J connectivity index is 4.91. The number of esters is 1. The predicted molar refractivity (Wildman–Crippen MR) is 60.1 cm³/mol. The van der Waals surface area contributed by atoms with Gasteiger partial charge < -0.3 is 20.3 Å². The highest BCUT2D eigenvalue weighted by molar-refractivity contribution is 6.18. The number of nitrogens with two attached hydrogens (primary N) is 1. The molecule has 0 unspecified atom stereocenters. The number of hydrogen-bond donors (Lipinski definition) is 2. The summed E-state index contributed by atoms with van der Waals surface area (Å²) in [6.07, 6.45) is 1.81. The van der Waals surface area contributed by atoms with Gasteiger partial charge in [0.05, 0.1) is 14.2 Å². The fourth-order valence-electron chi connectivity index (χ4n) is 0.942. The van der Waals surface area contributed by atoms with Crippen LogP contribution in [0.4, 0.5) is 0 Å². The smallest absolute Gasteiger partial charge is 0.348 e. The van der Waals surface area contributed by atoms with Crippen LogP contribution in [0.3, 0.4) is 0 Å². The van der Waals surface area contributed by atoms with E-state index in [9.17, 15) is 9.90 Å². The number of ether oxygens (including phenoxy) is 2. The number of carbonyl (C=O) groups excluding carboxylic acids is 1. The van der Waals surface area contributed by atoms with E-state index in [2.05, 4.69) is 14.5 Å². The quantitative estimate of drug-likeness (QED) is 0.175. The Morgan fingerprint density at radius 2 is 2.00 bits per heavy atom. The second kappa shape index (κ2) is 7.56. The summed E-state index contributed by atoms with van der Waals surface area (Å²) in [6, 6.07) is 0.